The Morgan fingerprint density at radius 1 is 1.37 bits per heavy atom. The fourth-order valence-corrected chi connectivity index (χ4v) is 2.49. The summed E-state index contributed by atoms with van der Waals surface area (Å²) in [6.07, 6.45) is 3.95. The van der Waals surface area contributed by atoms with Crippen LogP contribution in [0, 0.1) is 0 Å². The van der Waals surface area contributed by atoms with E-state index in [0.717, 1.165) is 25.8 Å². The van der Waals surface area contributed by atoms with E-state index in [2.05, 4.69) is 12.1 Å². The molecule has 0 saturated carbocycles. The summed E-state index contributed by atoms with van der Waals surface area (Å²) in [5, 5.41) is 0. The van der Waals surface area contributed by atoms with E-state index in [1.54, 1.807) is 0 Å². The molecule has 0 bridgehead atoms. The van der Waals surface area contributed by atoms with Crippen LogP contribution in [0.5, 0.6) is 0 Å². The number of piperidine rings is 1. The van der Waals surface area contributed by atoms with Crippen LogP contribution >= 0.6 is 0 Å². The first-order chi connectivity index (χ1) is 9.22. The van der Waals surface area contributed by atoms with Crippen molar-refractivity contribution in [3.8, 4) is 0 Å². The summed E-state index contributed by atoms with van der Waals surface area (Å²) in [6.45, 7) is 4.77. The normalized spacial score (nSPS) is 20.9. The molecule has 104 valence electrons. The molecule has 1 aliphatic heterocycles. The smallest absolute Gasteiger partial charge is 0.410 e. The van der Waals surface area contributed by atoms with Crippen LogP contribution in [-0.4, -0.2) is 23.6 Å². The SMILES string of the molecule is CCC(C)OC(=O)N1CCCCC1c1ccccc1. The summed E-state index contributed by atoms with van der Waals surface area (Å²) in [5.74, 6) is 0. The predicted octanol–water partition coefficient (Wildman–Crippen LogP) is 4.15. The maximum Gasteiger partial charge on any atom is 0.410 e. The van der Waals surface area contributed by atoms with Crippen LogP contribution in [0.2, 0.25) is 0 Å². The molecule has 2 rings (SSSR count). The number of nitrogens with zero attached hydrogens (tertiary/aromatic N) is 1. The number of likely N-dealkylation sites (tertiary alicyclic amines) is 1. The number of hydrogen-bond donors (Lipinski definition) is 0. The lowest BCUT2D eigenvalue weighted by molar-refractivity contribution is 0.0460. The van der Waals surface area contributed by atoms with Crippen LogP contribution in [0.4, 0.5) is 4.79 Å². The zero-order valence-electron chi connectivity index (χ0n) is 11.8. The van der Waals surface area contributed by atoms with Crippen LogP contribution in [-0.2, 0) is 4.74 Å². The van der Waals surface area contributed by atoms with Gasteiger partial charge in [0, 0.05) is 6.54 Å². The van der Waals surface area contributed by atoms with Gasteiger partial charge < -0.3 is 9.64 Å². The zero-order valence-corrected chi connectivity index (χ0v) is 11.8. The first-order valence-corrected chi connectivity index (χ1v) is 7.24. The first kappa shape index (κ1) is 13.9. The van der Waals surface area contributed by atoms with Crippen molar-refractivity contribution in [3.63, 3.8) is 0 Å². The Kier molecular flexibility index (Phi) is 4.83. The minimum absolute atomic E-state index is 0.00847. The van der Waals surface area contributed by atoms with Crippen LogP contribution < -0.4 is 0 Å². The second-order valence-corrected chi connectivity index (χ2v) is 5.22. The topological polar surface area (TPSA) is 29.5 Å². The van der Waals surface area contributed by atoms with Gasteiger partial charge in [-0.05, 0) is 38.2 Å². The van der Waals surface area contributed by atoms with E-state index < -0.39 is 0 Å². The number of benzene rings is 1. The fraction of sp³-hybridized carbons (Fsp3) is 0.562. The molecule has 1 fully saturated rings. The third-order valence-corrected chi connectivity index (χ3v) is 3.80. The van der Waals surface area contributed by atoms with Gasteiger partial charge in [0.2, 0.25) is 0 Å². The standard InChI is InChI=1S/C16H23NO2/c1-3-13(2)19-16(18)17-12-8-7-11-15(17)14-9-5-4-6-10-14/h4-6,9-10,13,15H,3,7-8,11-12H2,1-2H3. The molecule has 3 nitrogen and oxygen atoms in total. The van der Waals surface area contributed by atoms with Gasteiger partial charge in [-0.1, -0.05) is 37.3 Å². The molecule has 0 aliphatic carbocycles. The molecule has 2 atom stereocenters. The summed E-state index contributed by atoms with van der Waals surface area (Å²) < 4.78 is 5.48. The lowest BCUT2D eigenvalue weighted by Crippen LogP contribution is -2.40. The van der Waals surface area contributed by atoms with Crippen LogP contribution in [0.1, 0.15) is 51.1 Å². The first-order valence-electron chi connectivity index (χ1n) is 7.24. The Labute approximate surface area is 115 Å². The maximum absolute atomic E-state index is 12.3. The van der Waals surface area contributed by atoms with Crippen LogP contribution in [0.15, 0.2) is 30.3 Å². The van der Waals surface area contributed by atoms with E-state index in [0.29, 0.717) is 0 Å². The second kappa shape index (κ2) is 6.60. The van der Waals surface area contributed by atoms with Gasteiger partial charge in [-0.15, -0.1) is 0 Å². The fourth-order valence-electron chi connectivity index (χ4n) is 2.49. The van der Waals surface area contributed by atoms with Crippen molar-refractivity contribution in [2.24, 2.45) is 0 Å². The summed E-state index contributed by atoms with van der Waals surface area (Å²) >= 11 is 0. The molecule has 1 aromatic carbocycles. The molecule has 1 amide bonds. The number of ether oxygens (including phenoxy) is 1. The molecule has 1 aromatic rings. The number of rotatable bonds is 3. The second-order valence-electron chi connectivity index (χ2n) is 5.22. The average Bonchev–Trinajstić information content (AvgIpc) is 2.48. The number of carbonyl (C=O) groups excluding carboxylic acids is 1. The molecule has 1 aliphatic rings. The van der Waals surface area contributed by atoms with E-state index in [-0.39, 0.29) is 18.2 Å². The minimum Gasteiger partial charge on any atom is -0.446 e. The van der Waals surface area contributed by atoms with Gasteiger partial charge in [0.1, 0.15) is 6.10 Å². The highest BCUT2D eigenvalue weighted by Gasteiger charge is 2.29. The monoisotopic (exact) mass is 261 g/mol. The molecule has 19 heavy (non-hydrogen) atoms. The highest BCUT2D eigenvalue weighted by atomic mass is 16.6. The summed E-state index contributed by atoms with van der Waals surface area (Å²) in [5.41, 5.74) is 1.21. The largest absolute Gasteiger partial charge is 0.446 e. The van der Waals surface area contributed by atoms with Crippen LogP contribution in [0.3, 0.4) is 0 Å². The molecular formula is C16H23NO2. The zero-order chi connectivity index (χ0) is 13.7. The van der Waals surface area contributed by atoms with Crippen molar-refractivity contribution in [3.05, 3.63) is 35.9 Å². The van der Waals surface area contributed by atoms with Crippen molar-refractivity contribution in [1.82, 2.24) is 4.90 Å². The van der Waals surface area contributed by atoms with Crippen molar-refractivity contribution in [1.29, 1.82) is 0 Å². The lowest BCUT2D eigenvalue weighted by Gasteiger charge is -2.35. The highest BCUT2D eigenvalue weighted by molar-refractivity contribution is 5.68. The quantitative estimate of drug-likeness (QED) is 0.818. The van der Waals surface area contributed by atoms with Crippen LogP contribution in [0.25, 0.3) is 0 Å². The van der Waals surface area contributed by atoms with Gasteiger partial charge in [0.15, 0.2) is 0 Å². The van der Waals surface area contributed by atoms with E-state index in [9.17, 15) is 4.79 Å². The number of hydrogen-bond acceptors (Lipinski definition) is 2. The molecule has 3 heteroatoms. The average molecular weight is 261 g/mol. The molecule has 0 N–H and O–H groups in total. The summed E-state index contributed by atoms with van der Waals surface area (Å²) in [7, 11) is 0. The molecule has 0 spiro atoms. The molecule has 2 unspecified atom stereocenters. The van der Waals surface area contributed by atoms with Crippen molar-refractivity contribution >= 4 is 6.09 Å². The molecule has 1 saturated heterocycles. The van der Waals surface area contributed by atoms with Gasteiger partial charge in [-0.25, -0.2) is 4.79 Å². The number of carbonyl (C=O) groups is 1. The third kappa shape index (κ3) is 3.49. The van der Waals surface area contributed by atoms with Gasteiger partial charge in [-0.3, -0.25) is 0 Å². The van der Waals surface area contributed by atoms with Crippen molar-refractivity contribution in [2.75, 3.05) is 6.54 Å². The van der Waals surface area contributed by atoms with Gasteiger partial charge in [-0.2, -0.15) is 0 Å². The molecular weight excluding hydrogens is 238 g/mol. The maximum atomic E-state index is 12.3. The number of amides is 1. The minimum atomic E-state index is -0.164. The van der Waals surface area contributed by atoms with E-state index in [1.165, 1.54) is 12.0 Å². The lowest BCUT2D eigenvalue weighted by atomic mass is 9.96. The Hall–Kier alpha value is -1.51. The van der Waals surface area contributed by atoms with E-state index in [4.69, 9.17) is 4.74 Å². The Bertz CT molecular complexity index is 404. The summed E-state index contributed by atoms with van der Waals surface area (Å²) in [6, 6.07) is 10.4. The van der Waals surface area contributed by atoms with Gasteiger partial charge in [0.25, 0.3) is 0 Å². The van der Waals surface area contributed by atoms with Gasteiger partial charge in [0.05, 0.1) is 6.04 Å². The highest BCUT2D eigenvalue weighted by Crippen LogP contribution is 2.31. The van der Waals surface area contributed by atoms with E-state index >= 15 is 0 Å². The van der Waals surface area contributed by atoms with Gasteiger partial charge >= 0.3 is 6.09 Å². The molecule has 1 heterocycles. The Morgan fingerprint density at radius 2 is 2.11 bits per heavy atom. The third-order valence-electron chi connectivity index (χ3n) is 3.80. The van der Waals surface area contributed by atoms with Crippen molar-refractivity contribution in [2.45, 2.75) is 51.7 Å². The predicted molar refractivity (Wildman–Crippen MR) is 76.0 cm³/mol. The molecule has 0 radical (unpaired) electrons. The van der Waals surface area contributed by atoms with Crippen molar-refractivity contribution < 1.29 is 9.53 Å². The summed E-state index contributed by atoms with van der Waals surface area (Å²) in [4.78, 5) is 14.1. The Balaban J connectivity index is 2.10. The van der Waals surface area contributed by atoms with E-state index in [1.807, 2.05) is 36.9 Å². The Morgan fingerprint density at radius 3 is 2.79 bits per heavy atom. The molecule has 0 aromatic heterocycles.